The molecule has 1 aromatic carbocycles. The molecule has 0 saturated heterocycles. The number of benzene rings is 1. The van der Waals surface area contributed by atoms with Crippen molar-refractivity contribution in [2.45, 2.75) is 26.2 Å². The number of rotatable bonds is 2. The van der Waals surface area contributed by atoms with Crippen LogP contribution < -0.4 is 5.32 Å². The zero-order valence-electron chi connectivity index (χ0n) is 12.1. The Labute approximate surface area is 131 Å². The van der Waals surface area contributed by atoms with Gasteiger partial charge >= 0.3 is 0 Å². The van der Waals surface area contributed by atoms with E-state index in [1.807, 2.05) is 18.2 Å². The van der Waals surface area contributed by atoms with Gasteiger partial charge in [0.05, 0.1) is 11.2 Å². The first-order valence-electron chi connectivity index (χ1n) is 6.68. The Kier molecular flexibility index (Phi) is 3.55. The van der Waals surface area contributed by atoms with Gasteiger partial charge in [-0.15, -0.1) is 22.7 Å². The number of amides is 1. The lowest BCUT2D eigenvalue weighted by molar-refractivity contribution is 0.103. The smallest absolute Gasteiger partial charge is 0.267 e. The fourth-order valence-electron chi connectivity index (χ4n) is 1.96. The minimum Gasteiger partial charge on any atom is -0.321 e. The van der Waals surface area contributed by atoms with E-state index in [9.17, 15) is 4.79 Å². The normalized spacial score (nSPS) is 11.8. The number of hydrogen-bond acceptors (Lipinski definition) is 4. The van der Waals surface area contributed by atoms with Gasteiger partial charge in [0.1, 0.15) is 4.88 Å². The van der Waals surface area contributed by atoms with Gasteiger partial charge in [0.25, 0.3) is 5.91 Å². The van der Waals surface area contributed by atoms with Gasteiger partial charge in [0, 0.05) is 15.8 Å². The second-order valence-electron chi connectivity index (χ2n) is 5.91. The topological polar surface area (TPSA) is 42.0 Å². The summed E-state index contributed by atoms with van der Waals surface area (Å²) in [4.78, 5) is 17.3. The maximum Gasteiger partial charge on any atom is 0.267 e. The van der Waals surface area contributed by atoms with Crippen molar-refractivity contribution in [2.24, 2.45) is 0 Å². The Morgan fingerprint density at radius 2 is 2.05 bits per heavy atom. The molecule has 0 aliphatic heterocycles. The van der Waals surface area contributed by atoms with Gasteiger partial charge in [0.15, 0.2) is 0 Å². The van der Waals surface area contributed by atoms with E-state index < -0.39 is 0 Å². The molecule has 0 fully saturated rings. The highest BCUT2D eigenvalue weighted by Crippen LogP contribution is 2.28. The molecule has 0 aliphatic rings. The van der Waals surface area contributed by atoms with E-state index in [1.54, 1.807) is 17.5 Å². The molecule has 1 amide bonds. The summed E-state index contributed by atoms with van der Waals surface area (Å²) < 4.78 is 1.22. The molecule has 2 aromatic heterocycles. The first-order valence-corrected chi connectivity index (χ1v) is 8.38. The maximum atomic E-state index is 12.3. The first kappa shape index (κ1) is 14.2. The molecule has 108 valence electrons. The van der Waals surface area contributed by atoms with Crippen molar-refractivity contribution >= 4 is 44.4 Å². The van der Waals surface area contributed by atoms with Crippen molar-refractivity contribution in [1.82, 2.24) is 4.98 Å². The number of carbonyl (C=O) groups excluding carboxylic acids is 1. The summed E-state index contributed by atoms with van der Waals surface area (Å²) in [7, 11) is 0. The van der Waals surface area contributed by atoms with E-state index >= 15 is 0 Å². The van der Waals surface area contributed by atoms with Crippen molar-refractivity contribution in [3.8, 4) is 0 Å². The Morgan fingerprint density at radius 1 is 1.24 bits per heavy atom. The lowest BCUT2D eigenvalue weighted by Crippen LogP contribution is -2.10. The van der Waals surface area contributed by atoms with Gasteiger partial charge in [-0.3, -0.25) is 4.79 Å². The zero-order valence-corrected chi connectivity index (χ0v) is 13.8. The second-order valence-corrected chi connectivity index (χ2v) is 7.89. The van der Waals surface area contributed by atoms with Crippen molar-refractivity contribution in [3.05, 3.63) is 45.7 Å². The molecular weight excluding hydrogens is 300 g/mol. The number of hydrogen-bond donors (Lipinski definition) is 1. The zero-order chi connectivity index (χ0) is 15.0. The average molecular weight is 316 g/mol. The molecule has 0 spiro atoms. The van der Waals surface area contributed by atoms with Gasteiger partial charge in [-0.1, -0.05) is 20.8 Å². The summed E-state index contributed by atoms with van der Waals surface area (Å²) in [6, 6.07) is 8.01. The van der Waals surface area contributed by atoms with E-state index in [-0.39, 0.29) is 11.3 Å². The highest BCUT2D eigenvalue weighted by Gasteiger charge is 2.20. The Balaban J connectivity index is 1.80. The summed E-state index contributed by atoms with van der Waals surface area (Å²) in [5.74, 6) is -0.0995. The van der Waals surface area contributed by atoms with Gasteiger partial charge in [-0.25, -0.2) is 4.98 Å². The second kappa shape index (κ2) is 5.24. The fraction of sp³-hybridized carbons (Fsp3) is 0.250. The summed E-state index contributed by atoms with van der Waals surface area (Å²) in [6.45, 7) is 6.29. The van der Waals surface area contributed by atoms with Crippen LogP contribution in [-0.2, 0) is 5.41 Å². The number of nitrogens with one attached hydrogen (secondary N) is 1. The molecule has 3 aromatic rings. The maximum absolute atomic E-state index is 12.3. The number of anilines is 1. The first-order chi connectivity index (χ1) is 9.93. The van der Waals surface area contributed by atoms with Crippen LogP contribution in [0.5, 0.6) is 0 Å². The molecular formula is C16H16N2OS2. The number of aromatic nitrogens is 1. The number of thiophene rings is 1. The Morgan fingerprint density at radius 3 is 2.76 bits per heavy atom. The highest BCUT2D eigenvalue weighted by atomic mass is 32.1. The van der Waals surface area contributed by atoms with Crippen molar-refractivity contribution in [1.29, 1.82) is 0 Å². The molecule has 21 heavy (non-hydrogen) atoms. The Hall–Kier alpha value is -1.72. The summed E-state index contributed by atoms with van der Waals surface area (Å²) in [5.41, 5.74) is 0.787. The van der Waals surface area contributed by atoms with E-state index in [1.165, 1.54) is 16.0 Å². The summed E-state index contributed by atoms with van der Waals surface area (Å²) in [6.07, 6.45) is 1.66. The molecule has 0 unspecified atom stereocenters. The van der Waals surface area contributed by atoms with Crippen LogP contribution in [0.3, 0.4) is 0 Å². The SMILES string of the molecule is CC(C)(C)c1ncc(C(=O)Nc2ccc3sccc3c2)s1. The predicted molar refractivity (Wildman–Crippen MR) is 90.6 cm³/mol. The number of carbonyl (C=O) groups is 1. The predicted octanol–water partition coefficient (Wildman–Crippen LogP) is 4.91. The molecule has 0 atom stereocenters. The summed E-state index contributed by atoms with van der Waals surface area (Å²) >= 11 is 3.15. The van der Waals surface area contributed by atoms with Gasteiger partial charge < -0.3 is 5.32 Å². The fourth-order valence-corrected chi connectivity index (χ4v) is 3.60. The van der Waals surface area contributed by atoms with Gasteiger partial charge in [-0.2, -0.15) is 0 Å². The largest absolute Gasteiger partial charge is 0.321 e. The molecule has 5 heteroatoms. The van der Waals surface area contributed by atoms with Crippen LogP contribution in [0.1, 0.15) is 35.5 Å². The quantitative estimate of drug-likeness (QED) is 0.730. The minimum atomic E-state index is -0.0995. The molecule has 0 aliphatic carbocycles. The van der Waals surface area contributed by atoms with E-state index in [4.69, 9.17) is 0 Å². The molecule has 1 N–H and O–H groups in total. The van der Waals surface area contributed by atoms with Crippen LogP contribution in [0.25, 0.3) is 10.1 Å². The minimum absolute atomic E-state index is 0.0290. The molecule has 0 radical (unpaired) electrons. The van der Waals surface area contributed by atoms with Crippen molar-refractivity contribution in [2.75, 3.05) is 5.32 Å². The summed E-state index contributed by atoms with van der Waals surface area (Å²) in [5, 5.41) is 7.12. The van der Waals surface area contributed by atoms with Crippen molar-refractivity contribution in [3.63, 3.8) is 0 Å². The van der Waals surface area contributed by atoms with E-state index in [0.717, 1.165) is 16.1 Å². The molecule has 0 bridgehead atoms. The number of fused-ring (bicyclic) bond motifs is 1. The van der Waals surface area contributed by atoms with Crippen LogP contribution in [0, 0.1) is 0 Å². The lowest BCUT2D eigenvalue weighted by Gasteiger charge is -2.13. The monoisotopic (exact) mass is 316 g/mol. The number of nitrogens with zero attached hydrogens (tertiary/aromatic N) is 1. The van der Waals surface area contributed by atoms with Gasteiger partial charge in [-0.05, 0) is 35.0 Å². The van der Waals surface area contributed by atoms with Crippen LogP contribution >= 0.6 is 22.7 Å². The third-order valence-corrected chi connectivity index (χ3v) is 5.40. The van der Waals surface area contributed by atoms with Crippen LogP contribution in [0.15, 0.2) is 35.8 Å². The van der Waals surface area contributed by atoms with Crippen LogP contribution in [0.2, 0.25) is 0 Å². The van der Waals surface area contributed by atoms with Crippen LogP contribution in [-0.4, -0.2) is 10.9 Å². The number of thiazole rings is 1. The average Bonchev–Trinajstić information content (AvgIpc) is 3.06. The molecule has 3 rings (SSSR count). The van der Waals surface area contributed by atoms with E-state index in [0.29, 0.717) is 4.88 Å². The molecule has 0 saturated carbocycles. The molecule has 2 heterocycles. The Bertz CT molecular complexity index is 796. The molecule has 3 nitrogen and oxygen atoms in total. The van der Waals surface area contributed by atoms with E-state index in [2.05, 4.69) is 42.5 Å². The standard InChI is InChI=1S/C16H16N2OS2/c1-16(2,3)15-17-9-13(21-15)14(19)18-11-4-5-12-10(8-11)6-7-20-12/h4-9H,1-3H3,(H,18,19). The van der Waals surface area contributed by atoms with Crippen molar-refractivity contribution < 1.29 is 4.79 Å². The highest BCUT2D eigenvalue weighted by molar-refractivity contribution is 7.17. The third kappa shape index (κ3) is 2.99. The van der Waals surface area contributed by atoms with Crippen LogP contribution in [0.4, 0.5) is 5.69 Å². The lowest BCUT2D eigenvalue weighted by atomic mass is 9.98. The van der Waals surface area contributed by atoms with Gasteiger partial charge in [0.2, 0.25) is 0 Å². The third-order valence-electron chi connectivity index (χ3n) is 3.08.